The average molecular weight is 230 g/mol. The summed E-state index contributed by atoms with van der Waals surface area (Å²) in [7, 11) is 0. The van der Waals surface area contributed by atoms with Crippen molar-refractivity contribution in [2.24, 2.45) is 0 Å². The van der Waals surface area contributed by atoms with Gasteiger partial charge >= 0.3 is 0 Å². The Balaban J connectivity index is 2.11. The number of phenols is 3. The molecular weight excluding hydrogens is 220 g/mol. The van der Waals surface area contributed by atoms with Crippen molar-refractivity contribution in [3.63, 3.8) is 0 Å². The molecule has 0 aliphatic carbocycles. The highest BCUT2D eigenvalue weighted by Gasteiger charge is 2.19. The predicted octanol–water partition coefficient (Wildman–Crippen LogP) is 2.50. The number of phenolic OH excluding ortho intramolecular Hbond substituents is 3. The zero-order valence-corrected chi connectivity index (χ0v) is 8.84. The molecule has 0 atom stereocenters. The molecule has 0 amide bonds. The van der Waals surface area contributed by atoms with E-state index in [-0.39, 0.29) is 17.2 Å². The van der Waals surface area contributed by atoms with E-state index in [9.17, 15) is 15.3 Å². The van der Waals surface area contributed by atoms with Crippen molar-refractivity contribution >= 4 is 0 Å². The van der Waals surface area contributed by atoms with Crippen LogP contribution in [-0.2, 0) is 6.42 Å². The second kappa shape index (κ2) is 3.31. The molecule has 86 valence electrons. The first kappa shape index (κ1) is 9.84. The quantitative estimate of drug-likeness (QED) is 0.519. The van der Waals surface area contributed by atoms with Crippen LogP contribution in [0.3, 0.4) is 0 Å². The number of hydrogen-bond donors (Lipinski definition) is 3. The second-order valence-corrected chi connectivity index (χ2v) is 4.02. The number of rotatable bonds is 0. The smallest absolute Gasteiger partial charge is 0.161 e. The Kier molecular flexibility index (Phi) is 1.92. The van der Waals surface area contributed by atoms with Crippen LogP contribution in [0.1, 0.15) is 11.1 Å². The Morgan fingerprint density at radius 2 is 1.53 bits per heavy atom. The molecule has 4 nitrogen and oxygen atoms in total. The third-order valence-corrected chi connectivity index (χ3v) is 2.80. The number of aromatic hydroxyl groups is 3. The first-order valence-corrected chi connectivity index (χ1v) is 5.18. The molecule has 17 heavy (non-hydrogen) atoms. The lowest BCUT2D eigenvalue weighted by molar-refractivity contribution is 0.393. The zero-order chi connectivity index (χ0) is 12.0. The van der Waals surface area contributed by atoms with Gasteiger partial charge in [0.25, 0.3) is 0 Å². The average Bonchev–Trinajstić information content (AvgIpc) is 2.28. The van der Waals surface area contributed by atoms with Crippen molar-refractivity contribution in [2.75, 3.05) is 0 Å². The predicted molar refractivity (Wildman–Crippen MR) is 60.8 cm³/mol. The molecule has 0 spiro atoms. The van der Waals surface area contributed by atoms with Gasteiger partial charge in [0.15, 0.2) is 11.5 Å². The van der Waals surface area contributed by atoms with E-state index in [1.807, 2.05) is 0 Å². The molecule has 0 bridgehead atoms. The van der Waals surface area contributed by atoms with E-state index in [0.717, 1.165) is 11.1 Å². The Labute approximate surface area is 97.3 Å². The van der Waals surface area contributed by atoms with Crippen molar-refractivity contribution in [3.8, 4) is 28.7 Å². The van der Waals surface area contributed by atoms with Gasteiger partial charge in [-0.05, 0) is 24.3 Å². The van der Waals surface area contributed by atoms with Crippen LogP contribution in [0.2, 0.25) is 0 Å². The second-order valence-electron chi connectivity index (χ2n) is 4.02. The lowest BCUT2D eigenvalue weighted by Gasteiger charge is -2.20. The largest absolute Gasteiger partial charge is 0.508 e. The molecule has 1 aliphatic rings. The van der Waals surface area contributed by atoms with Crippen LogP contribution in [0, 0.1) is 0 Å². The Morgan fingerprint density at radius 3 is 2.35 bits per heavy atom. The Bertz CT molecular complexity index is 605. The summed E-state index contributed by atoms with van der Waals surface area (Å²) in [5.41, 5.74) is 1.63. The molecule has 1 aliphatic heterocycles. The van der Waals surface area contributed by atoms with E-state index >= 15 is 0 Å². The highest BCUT2D eigenvalue weighted by molar-refractivity contribution is 5.56. The van der Waals surface area contributed by atoms with Crippen molar-refractivity contribution in [1.82, 2.24) is 0 Å². The maximum Gasteiger partial charge on any atom is 0.161 e. The van der Waals surface area contributed by atoms with E-state index in [4.69, 9.17) is 4.74 Å². The van der Waals surface area contributed by atoms with Crippen LogP contribution in [0.5, 0.6) is 28.7 Å². The lowest BCUT2D eigenvalue weighted by atomic mass is 9.99. The summed E-state index contributed by atoms with van der Waals surface area (Å²) in [4.78, 5) is 0. The number of hydrogen-bond acceptors (Lipinski definition) is 4. The summed E-state index contributed by atoms with van der Waals surface area (Å²) in [6.45, 7) is 0. The summed E-state index contributed by atoms with van der Waals surface area (Å²) in [6, 6.07) is 7.71. The fourth-order valence-electron chi connectivity index (χ4n) is 1.96. The molecule has 3 rings (SSSR count). The van der Waals surface area contributed by atoms with Gasteiger partial charge in [-0.15, -0.1) is 0 Å². The fourth-order valence-corrected chi connectivity index (χ4v) is 1.96. The zero-order valence-electron chi connectivity index (χ0n) is 8.84. The molecule has 0 saturated heterocycles. The van der Waals surface area contributed by atoms with Crippen molar-refractivity contribution in [1.29, 1.82) is 0 Å². The van der Waals surface area contributed by atoms with Crippen LogP contribution in [0.4, 0.5) is 0 Å². The monoisotopic (exact) mass is 230 g/mol. The maximum atomic E-state index is 9.42. The minimum atomic E-state index is -0.203. The third-order valence-electron chi connectivity index (χ3n) is 2.80. The van der Waals surface area contributed by atoms with Gasteiger partial charge in [-0.3, -0.25) is 0 Å². The normalized spacial score (nSPS) is 12.5. The lowest BCUT2D eigenvalue weighted by Crippen LogP contribution is -2.02. The first-order chi connectivity index (χ1) is 8.13. The SMILES string of the molecule is Oc1ccc2c(c1)Cc1cc(O)c(O)cc1O2. The molecular formula is C13H10O4. The highest BCUT2D eigenvalue weighted by atomic mass is 16.5. The van der Waals surface area contributed by atoms with Gasteiger partial charge in [0, 0.05) is 23.6 Å². The molecule has 0 fully saturated rings. The standard InChI is InChI=1S/C13H10O4/c14-9-1-2-12-7(4-9)3-8-5-10(15)11(16)6-13(8)17-12/h1-2,4-6,14-16H,3H2. The van der Waals surface area contributed by atoms with E-state index in [1.165, 1.54) is 12.1 Å². The molecule has 0 saturated carbocycles. The van der Waals surface area contributed by atoms with Crippen LogP contribution in [0.25, 0.3) is 0 Å². The van der Waals surface area contributed by atoms with Gasteiger partial charge in [0.1, 0.15) is 17.2 Å². The van der Waals surface area contributed by atoms with Gasteiger partial charge in [0.05, 0.1) is 0 Å². The van der Waals surface area contributed by atoms with Gasteiger partial charge in [-0.2, -0.15) is 0 Å². The summed E-state index contributed by atoms with van der Waals surface area (Å²) < 4.78 is 5.59. The van der Waals surface area contributed by atoms with Crippen LogP contribution in [-0.4, -0.2) is 15.3 Å². The minimum Gasteiger partial charge on any atom is -0.508 e. The molecule has 2 aromatic carbocycles. The summed E-state index contributed by atoms with van der Waals surface area (Å²) in [5, 5.41) is 28.2. The molecule has 3 N–H and O–H groups in total. The van der Waals surface area contributed by atoms with Crippen molar-refractivity contribution < 1.29 is 20.1 Å². The van der Waals surface area contributed by atoms with Crippen molar-refractivity contribution in [3.05, 3.63) is 41.5 Å². The van der Waals surface area contributed by atoms with Crippen LogP contribution >= 0.6 is 0 Å². The topological polar surface area (TPSA) is 69.9 Å². The van der Waals surface area contributed by atoms with E-state index in [0.29, 0.717) is 17.9 Å². The van der Waals surface area contributed by atoms with Gasteiger partial charge in [-0.25, -0.2) is 0 Å². The Morgan fingerprint density at radius 1 is 0.824 bits per heavy atom. The molecule has 0 unspecified atom stereocenters. The van der Waals surface area contributed by atoms with E-state index in [1.54, 1.807) is 18.2 Å². The van der Waals surface area contributed by atoms with E-state index in [2.05, 4.69) is 0 Å². The van der Waals surface area contributed by atoms with Gasteiger partial charge in [-0.1, -0.05) is 0 Å². The molecule has 0 aromatic heterocycles. The summed E-state index contributed by atoms with van der Waals surface area (Å²) in [6.07, 6.45) is 0.549. The minimum absolute atomic E-state index is 0.170. The highest BCUT2D eigenvalue weighted by Crippen LogP contribution is 2.42. The summed E-state index contributed by atoms with van der Waals surface area (Å²) >= 11 is 0. The first-order valence-electron chi connectivity index (χ1n) is 5.18. The number of fused-ring (bicyclic) bond motifs is 2. The van der Waals surface area contributed by atoms with E-state index < -0.39 is 0 Å². The van der Waals surface area contributed by atoms with Gasteiger partial charge < -0.3 is 20.1 Å². The molecule has 1 heterocycles. The van der Waals surface area contributed by atoms with Gasteiger partial charge in [0.2, 0.25) is 0 Å². The molecule has 0 radical (unpaired) electrons. The number of benzene rings is 2. The fraction of sp³-hybridized carbons (Fsp3) is 0.0769. The van der Waals surface area contributed by atoms with Crippen molar-refractivity contribution in [2.45, 2.75) is 6.42 Å². The molecule has 4 heteroatoms. The summed E-state index contributed by atoms with van der Waals surface area (Å²) in [5.74, 6) is 0.986. The third kappa shape index (κ3) is 1.54. The molecule has 2 aromatic rings. The van der Waals surface area contributed by atoms with Crippen LogP contribution < -0.4 is 4.74 Å². The maximum absolute atomic E-state index is 9.42. The van der Waals surface area contributed by atoms with Crippen LogP contribution in [0.15, 0.2) is 30.3 Å². The number of ether oxygens (including phenoxy) is 1. The Hall–Kier alpha value is -2.36.